The molecular formula is C9H11BrN2O. The summed E-state index contributed by atoms with van der Waals surface area (Å²) in [6, 6.07) is 6.17. The van der Waals surface area contributed by atoms with Crippen molar-refractivity contribution in [2.75, 3.05) is 19.8 Å². The van der Waals surface area contributed by atoms with Crippen LogP contribution in [0.15, 0.2) is 22.8 Å². The van der Waals surface area contributed by atoms with Crippen LogP contribution in [0.2, 0.25) is 0 Å². The molecule has 0 amide bonds. The van der Waals surface area contributed by atoms with Crippen LogP contribution >= 0.6 is 15.9 Å². The third-order valence-corrected chi connectivity index (χ3v) is 2.46. The zero-order valence-corrected chi connectivity index (χ0v) is 8.75. The molecule has 1 aromatic heterocycles. The van der Waals surface area contributed by atoms with Crippen molar-refractivity contribution in [2.24, 2.45) is 0 Å². The van der Waals surface area contributed by atoms with Crippen LogP contribution in [0.3, 0.4) is 0 Å². The SMILES string of the molecule is Brc1cccc(C2COCCN2)n1. The lowest BCUT2D eigenvalue weighted by molar-refractivity contribution is 0.0756. The van der Waals surface area contributed by atoms with Crippen molar-refractivity contribution in [3.05, 3.63) is 28.5 Å². The topological polar surface area (TPSA) is 34.1 Å². The molecule has 1 fully saturated rings. The minimum Gasteiger partial charge on any atom is -0.378 e. The van der Waals surface area contributed by atoms with Crippen LogP contribution in [0.1, 0.15) is 11.7 Å². The van der Waals surface area contributed by atoms with E-state index in [1.165, 1.54) is 0 Å². The Labute approximate surface area is 85.6 Å². The van der Waals surface area contributed by atoms with Crippen LogP contribution in [-0.2, 0) is 4.74 Å². The Kier molecular flexibility index (Phi) is 2.93. The fourth-order valence-electron chi connectivity index (χ4n) is 1.37. The second-order valence-electron chi connectivity index (χ2n) is 2.97. The van der Waals surface area contributed by atoms with Crippen molar-refractivity contribution in [1.82, 2.24) is 10.3 Å². The zero-order valence-electron chi connectivity index (χ0n) is 7.16. The van der Waals surface area contributed by atoms with E-state index in [4.69, 9.17) is 4.74 Å². The van der Waals surface area contributed by atoms with Gasteiger partial charge in [0.05, 0.1) is 24.9 Å². The standard InChI is InChI=1S/C9H11BrN2O/c10-9-3-1-2-7(12-9)8-6-13-5-4-11-8/h1-3,8,11H,4-6H2. The fourth-order valence-corrected chi connectivity index (χ4v) is 1.73. The Morgan fingerprint density at radius 3 is 3.15 bits per heavy atom. The highest BCUT2D eigenvalue weighted by molar-refractivity contribution is 9.10. The number of pyridine rings is 1. The number of morpholine rings is 1. The fraction of sp³-hybridized carbons (Fsp3) is 0.444. The van der Waals surface area contributed by atoms with Gasteiger partial charge in [0, 0.05) is 6.54 Å². The second-order valence-corrected chi connectivity index (χ2v) is 3.78. The molecule has 2 rings (SSSR count). The number of nitrogens with zero attached hydrogens (tertiary/aromatic N) is 1. The van der Waals surface area contributed by atoms with Crippen LogP contribution in [0.5, 0.6) is 0 Å². The van der Waals surface area contributed by atoms with E-state index in [0.717, 1.165) is 23.4 Å². The molecule has 1 aromatic rings. The minimum atomic E-state index is 0.242. The predicted octanol–water partition coefficient (Wildman–Crippen LogP) is 1.50. The first kappa shape index (κ1) is 9.12. The molecule has 1 N–H and O–H groups in total. The third kappa shape index (κ3) is 2.27. The number of rotatable bonds is 1. The molecule has 0 spiro atoms. The summed E-state index contributed by atoms with van der Waals surface area (Å²) in [5.74, 6) is 0. The van der Waals surface area contributed by atoms with Gasteiger partial charge in [-0.15, -0.1) is 0 Å². The number of ether oxygens (including phenoxy) is 1. The molecule has 1 saturated heterocycles. The molecule has 1 aliphatic rings. The van der Waals surface area contributed by atoms with Gasteiger partial charge in [0.25, 0.3) is 0 Å². The normalized spacial score (nSPS) is 23.0. The monoisotopic (exact) mass is 242 g/mol. The molecule has 0 aromatic carbocycles. The molecular weight excluding hydrogens is 232 g/mol. The molecule has 1 unspecified atom stereocenters. The summed E-state index contributed by atoms with van der Waals surface area (Å²) in [5.41, 5.74) is 1.04. The molecule has 1 aliphatic heterocycles. The summed E-state index contributed by atoms with van der Waals surface area (Å²) in [5, 5.41) is 3.35. The highest BCUT2D eigenvalue weighted by Gasteiger charge is 2.15. The summed E-state index contributed by atoms with van der Waals surface area (Å²) < 4.78 is 6.23. The Morgan fingerprint density at radius 2 is 2.46 bits per heavy atom. The van der Waals surface area contributed by atoms with E-state index in [0.29, 0.717) is 6.61 Å². The average molecular weight is 243 g/mol. The lowest BCUT2D eigenvalue weighted by Gasteiger charge is -2.23. The summed E-state index contributed by atoms with van der Waals surface area (Å²) in [4.78, 5) is 4.37. The van der Waals surface area contributed by atoms with Crippen molar-refractivity contribution in [3.63, 3.8) is 0 Å². The van der Waals surface area contributed by atoms with Gasteiger partial charge in [-0.25, -0.2) is 4.98 Å². The van der Waals surface area contributed by atoms with Crippen LogP contribution in [-0.4, -0.2) is 24.7 Å². The molecule has 0 saturated carbocycles. The Morgan fingerprint density at radius 1 is 1.54 bits per heavy atom. The third-order valence-electron chi connectivity index (χ3n) is 2.02. The summed E-state index contributed by atoms with van der Waals surface area (Å²) in [6.45, 7) is 2.41. The van der Waals surface area contributed by atoms with E-state index in [2.05, 4.69) is 26.2 Å². The van der Waals surface area contributed by atoms with E-state index in [1.54, 1.807) is 0 Å². The molecule has 2 heterocycles. The molecule has 13 heavy (non-hydrogen) atoms. The molecule has 0 aliphatic carbocycles. The number of aromatic nitrogens is 1. The minimum absolute atomic E-state index is 0.242. The summed E-state index contributed by atoms with van der Waals surface area (Å²) in [7, 11) is 0. The quantitative estimate of drug-likeness (QED) is 0.759. The number of hydrogen-bond donors (Lipinski definition) is 1. The van der Waals surface area contributed by atoms with Gasteiger partial charge in [-0.3, -0.25) is 0 Å². The Bertz CT molecular complexity index is 287. The van der Waals surface area contributed by atoms with Crippen LogP contribution in [0.25, 0.3) is 0 Å². The van der Waals surface area contributed by atoms with Crippen molar-refractivity contribution in [2.45, 2.75) is 6.04 Å². The smallest absolute Gasteiger partial charge is 0.106 e. The van der Waals surface area contributed by atoms with Gasteiger partial charge in [-0.1, -0.05) is 6.07 Å². The molecule has 70 valence electrons. The summed E-state index contributed by atoms with van der Waals surface area (Å²) in [6.07, 6.45) is 0. The van der Waals surface area contributed by atoms with Crippen LogP contribution in [0.4, 0.5) is 0 Å². The molecule has 0 bridgehead atoms. The number of nitrogens with one attached hydrogen (secondary N) is 1. The lowest BCUT2D eigenvalue weighted by atomic mass is 10.2. The van der Waals surface area contributed by atoms with E-state index >= 15 is 0 Å². The molecule has 4 heteroatoms. The highest BCUT2D eigenvalue weighted by Crippen LogP contribution is 2.15. The van der Waals surface area contributed by atoms with Gasteiger partial charge in [0.2, 0.25) is 0 Å². The number of halogens is 1. The van der Waals surface area contributed by atoms with E-state index in [-0.39, 0.29) is 6.04 Å². The summed E-state index contributed by atoms with van der Waals surface area (Å²) >= 11 is 3.35. The van der Waals surface area contributed by atoms with Gasteiger partial charge in [-0.2, -0.15) is 0 Å². The maximum atomic E-state index is 5.36. The maximum absolute atomic E-state index is 5.36. The van der Waals surface area contributed by atoms with Crippen LogP contribution in [0, 0.1) is 0 Å². The van der Waals surface area contributed by atoms with E-state index < -0.39 is 0 Å². The highest BCUT2D eigenvalue weighted by atomic mass is 79.9. The number of hydrogen-bond acceptors (Lipinski definition) is 3. The van der Waals surface area contributed by atoms with Crippen molar-refractivity contribution >= 4 is 15.9 Å². The van der Waals surface area contributed by atoms with E-state index in [1.807, 2.05) is 18.2 Å². The lowest BCUT2D eigenvalue weighted by Crippen LogP contribution is -2.35. The van der Waals surface area contributed by atoms with Crippen molar-refractivity contribution in [3.8, 4) is 0 Å². The predicted molar refractivity (Wildman–Crippen MR) is 53.5 cm³/mol. The van der Waals surface area contributed by atoms with Gasteiger partial charge in [-0.05, 0) is 28.1 Å². The van der Waals surface area contributed by atoms with Gasteiger partial charge in [0.1, 0.15) is 4.60 Å². The largest absolute Gasteiger partial charge is 0.378 e. The van der Waals surface area contributed by atoms with Gasteiger partial charge < -0.3 is 10.1 Å². The molecule has 1 atom stereocenters. The first-order chi connectivity index (χ1) is 6.36. The Hall–Kier alpha value is -0.450. The zero-order chi connectivity index (χ0) is 9.10. The van der Waals surface area contributed by atoms with E-state index in [9.17, 15) is 0 Å². The maximum Gasteiger partial charge on any atom is 0.106 e. The van der Waals surface area contributed by atoms with Crippen LogP contribution < -0.4 is 5.32 Å². The van der Waals surface area contributed by atoms with Crippen molar-refractivity contribution < 1.29 is 4.74 Å². The average Bonchev–Trinajstić information content (AvgIpc) is 2.19. The first-order valence-corrected chi connectivity index (χ1v) is 5.09. The Balaban J connectivity index is 2.14. The first-order valence-electron chi connectivity index (χ1n) is 4.30. The molecule has 0 radical (unpaired) electrons. The van der Waals surface area contributed by atoms with Gasteiger partial charge in [0.15, 0.2) is 0 Å². The second kappa shape index (κ2) is 4.17. The van der Waals surface area contributed by atoms with Gasteiger partial charge >= 0.3 is 0 Å². The van der Waals surface area contributed by atoms with Crippen molar-refractivity contribution in [1.29, 1.82) is 0 Å². The molecule has 3 nitrogen and oxygen atoms in total.